The van der Waals surface area contributed by atoms with E-state index in [1.54, 1.807) is 0 Å². The highest BCUT2D eigenvalue weighted by Crippen LogP contribution is 2.29. The predicted molar refractivity (Wildman–Crippen MR) is 79.3 cm³/mol. The number of nitrogens with two attached hydrogens (primary N) is 1. The molecule has 0 atom stereocenters. The Labute approximate surface area is 133 Å². The molecule has 24 heavy (non-hydrogen) atoms. The summed E-state index contributed by atoms with van der Waals surface area (Å²) in [4.78, 5) is 35.6. The summed E-state index contributed by atoms with van der Waals surface area (Å²) in [7, 11) is 0. The summed E-state index contributed by atoms with van der Waals surface area (Å²) in [6.07, 6.45) is 0. The SMILES string of the molecule is CCOc1c(F)ccc(-n2c(N)c3c(cc2=O)C(=O)NC3=O)c1F. The second-order valence-corrected chi connectivity index (χ2v) is 4.92. The summed E-state index contributed by atoms with van der Waals surface area (Å²) >= 11 is 0. The Morgan fingerprint density at radius 3 is 2.58 bits per heavy atom. The summed E-state index contributed by atoms with van der Waals surface area (Å²) in [6.45, 7) is 1.54. The number of nitrogens with one attached hydrogen (secondary N) is 1. The van der Waals surface area contributed by atoms with Crippen molar-refractivity contribution in [1.82, 2.24) is 9.88 Å². The van der Waals surface area contributed by atoms with Gasteiger partial charge in [-0.2, -0.15) is 0 Å². The molecule has 0 aliphatic carbocycles. The maximum absolute atomic E-state index is 14.5. The highest BCUT2D eigenvalue weighted by molar-refractivity contribution is 6.23. The number of fused-ring (bicyclic) bond motifs is 1. The van der Waals surface area contributed by atoms with Gasteiger partial charge in [-0.05, 0) is 19.1 Å². The van der Waals surface area contributed by atoms with Gasteiger partial charge in [0.25, 0.3) is 17.4 Å². The molecule has 0 unspecified atom stereocenters. The monoisotopic (exact) mass is 335 g/mol. The van der Waals surface area contributed by atoms with Gasteiger partial charge in [0.1, 0.15) is 5.82 Å². The van der Waals surface area contributed by atoms with Crippen LogP contribution >= 0.6 is 0 Å². The van der Waals surface area contributed by atoms with Crippen LogP contribution < -0.4 is 21.3 Å². The summed E-state index contributed by atoms with van der Waals surface area (Å²) < 4.78 is 33.8. The summed E-state index contributed by atoms with van der Waals surface area (Å²) in [5.74, 6) is -4.74. The zero-order valence-electron chi connectivity index (χ0n) is 12.4. The molecule has 0 radical (unpaired) electrons. The second-order valence-electron chi connectivity index (χ2n) is 4.92. The topological polar surface area (TPSA) is 103 Å². The summed E-state index contributed by atoms with van der Waals surface area (Å²) in [5.41, 5.74) is 4.14. The molecule has 7 nitrogen and oxygen atoms in total. The van der Waals surface area contributed by atoms with Crippen molar-refractivity contribution in [2.24, 2.45) is 0 Å². The third-order valence-electron chi connectivity index (χ3n) is 3.51. The van der Waals surface area contributed by atoms with E-state index in [9.17, 15) is 23.2 Å². The molecule has 0 spiro atoms. The molecule has 1 aliphatic rings. The van der Waals surface area contributed by atoms with Crippen LogP contribution in [0.5, 0.6) is 5.75 Å². The molecule has 124 valence electrons. The lowest BCUT2D eigenvalue weighted by Crippen LogP contribution is -2.25. The zero-order chi connectivity index (χ0) is 17.6. The number of anilines is 1. The number of hydrogen-bond acceptors (Lipinski definition) is 5. The van der Waals surface area contributed by atoms with Crippen molar-refractivity contribution >= 4 is 17.6 Å². The van der Waals surface area contributed by atoms with E-state index in [1.165, 1.54) is 6.92 Å². The molecule has 0 saturated carbocycles. The van der Waals surface area contributed by atoms with Gasteiger partial charge in [-0.25, -0.2) is 8.78 Å². The first kappa shape index (κ1) is 15.7. The third kappa shape index (κ3) is 2.13. The van der Waals surface area contributed by atoms with Crippen LogP contribution in [0.4, 0.5) is 14.6 Å². The number of nitrogens with zero attached hydrogens (tertiary/aromatic N) is 1. The smallest absolute Gasteiger partial charge is 0.262 e. The fraction of sp³-hybridized carbons (Fsp3) is 0.133. The first-order valence-corrected chi connectivity index (χ1v) is 6.89. The van der Waals surface area contributed by atoms with Crippen molar-refractivity contribution in [3.63, 3.8) is 0 Å². The fourth-order valence-electron chi connectivity index (χ4n) is 2.50. The van der Waals surface area contributed by atoms with Gasteiger partial charge < -0.3 is 10.5 Å². The maximum Gasteiger partial charge on any atom is 0.262 e. The molecule has 2 amide bonds. The maximum atomic E-state index is 14.5. The van der Waals surface area contributed by atoms with E-state index in [-0.39, 0.29) is 17.7 Å². The molecule has 0 saturated heterocycles. The second kappa shape index (κ2) is 5.44. The lowest BCUT2D eigenvalue weighted by molar-refractivity contribution is 0.0880. The molecule has 2 aromatic rings. The number of rotatable bonds is 3. The fourth-order valence-corrected chi connectivity index (χ4v) is 2.50. The van der Waals surface area contributed by atoms with Crippen LogP contribution in [0.1, 0.15) is 27.6 Å². The van der Waals surface area contributed by atoms with E-state index in [1.807, 2.05) is 5.32 Å². The molecule has 9 heteroatoms. The minimum Gasteiger partial charge on any atom is -0.488 e. The highest BCUT2D eigenvalue weighted by Gasteiger charge is 2.32. The van der Waals surface area contributed by atoms with Gasteiger partial charge in [-0.15, -0.1) is 0 Å². The molecule has 1 aliphatic heterocycles. The number of pyridine rings is 1. The van der Waals surface area contributed by atoms with Crippen LogP contribution in [-0.4, -0.2) is 23.0 Å². The number of halogens is 2. The summed E-state index contributed by atoms with van der Waals surface area (Å²) in [6, 6.07) is 2.77. The minimum absolute atomic E-state index is 0.00275. The predicted octanol–water partition coefficient (Wildman–Crippen LogP) is 0.980. The van der Waals surface area contributed by atoms with Gasteiger partial charge >= 0.3 is 0 Å². The molecule has 1 aromatic carbocycles. The normalized spacial score (nSPS) is 13.0. The van der Waals surface area contributed by atoms with Crippen LogP contribution in [0.25, 0.3) is 5.69 Å². The first-order chi connectivity index (χ1) is 11.4. The zero-order valence-corrected chi connectivity index (χ0v) is 12.4. The Hall–Kier alpha value is -3.23. The molecule has 3 rings (SSSR count). The van der Waals surface area contributed by atoms with Crippen LogP contribution in [-0.2, 0) is 0 Å². The van der Waals surface area contributed by atoms with Crippen molar-refractivity contribution < 1.29 is 23.1 Å². The Morgan fingerprint density at radius 2 is 1.92 bits per heavy atom. The van der Waals surface area contributed by atoms with E-state index in [0.29, 0.717) is 4.57 Å². The number of imide groups is 1. The lowest BCUT2D eigenvalue weighted by Gasteiger charge is -2.15. The molecule has 2 heterocycles. The Kier molecular flexibility index (Phi) is 3.55. The first-order valence-electron chi connectivity index (χ1n) is 6.89. The average Bonchev–Trinajstić information content (AvgIpc) is 2.80. The van der Waals surface area contributed by atoms with E-state index < -0.39 is 46.3 Å². The lowest BCUT2D eigenvalue weighted by atomic mass is 10.1. The number of nitrogen functional groups attached to an aromatic ring is 1. The minimum atomic E-state index is -1.14. The van der Waals surface area contributed by atoms with Crippen LogP contribution in [0.3, 0.4) is 0 Å². The Balaban J connectivity index is 2.32. The number of aromatic nitrogens is 1. The van der Waals surface area contributed by atoms with Crippen molar-refractivity contribution in [2.45, 2.75) is 6.92 Å². The Morgan fingerprint density at radius 1 is 1.21 bits per heavy atom. The molecule has 1 aromatic heterocycles. The van der Waals surface area contributed by atoms with Gasteiger partial charge in [-0.3, -0.25) is 24.3 Å². The Bertz CT molecular complexity index is 953. The van der Waals surface area contributed by atoms with E-state index >= 15 is 0 Å². The number of hydrogen-bond donors (Lipinski definition) is 2. The van der Waals surface area contributed by atoms with Crippen LogP contribution in [0, 0.1) is 11.6 Å². The number of carbonyl (C=O) groups excluding carboxylic acids is 2. The number of benzene rings is 1. The quantitative estimate of drug-likeness (QED) is 0.814. The van der Waals surface area contributed by atoms with E-state index in [2.05, 4.69) is 0 Å². The van der Waals surface area contributed by atoms with Crippen molar-refractivity contribution in [1.29, 1.82) is 0 Å². The number of carbonyl (C=O) groups is 2. The third-order valence-corrected chi connectivity index (χ3v) is 3.51. The van der Waals surface area contributed by atoms with Gasteiger partial charge in [0.05, 0.1) is 23.4 Å². The van der Waals surface area contributed by atoms with Crippen molar-refractivity contribution in [3.05, 3.63) is 51.3 Å². The van der Waals surface area contributed by atoms with Crippen LogP contribution in [0.15, 0.2) is 23.0 Å². The standard InChI is InChI=1S/C15H11F2N3O4/c1-2-24-12-7(16)3-4-8(11(12)17)20-9(21)5-6-10(13(20)18)15(23)19-14(6)22/h3-5H,2,18H2,1H3,(H,19,22,23). The molecule has 0 fully saturated rings. The highest BCUT2D eigenvalue weighted by atomic mass is 19.1. The van der Waals surface area contributed by atoms with Gasteiger partial charge in [0, 0.05) is 6.07 Å². The largest absolute Gasteiger partial charge is 0.488 e. The molecular formula is C15H11F2N3O4. The molecule has 0 bridgehead atoms. The van der Waals surface area contributed by atoms with Crippen molar-refractivity contribution in [2.75, 3.05) is 12.3 Å². The van der Waals surface area contributed by atoms with E-state index in [0.717, 1.165) is 18.2 Å². The van der Waals surface area contributed by atoms with E-state index in [4.69, 9.17) is 10.5 Å². The van der Waals surface area contributed by atoms with Crippen molar-refractivity contribution in [3.8, 4) is 11.4 Å². The van der Waals surface area contributed by atoms with Gasteiger partial charge in [0.2, 0.25) is 0 Å². The summed E-state index contributed by atoms with van der Waals surface area (Å²) in [5, 5.41) is 2.00. The van der Waals surface area contributed by atoms with Gasteiger partial charge in [0.15, 0.2) is 17.4 Å². The number of ether oxygens (including phenoxy) is 1. The number of amides is 2. The van der Waals surface area contributed by atoms with Gasteiger partial charge in [-0.1, -0.05) is 0 Å². The average molecular weight is 335 g/mol. The van der Waals surface area contributed by atoms with Crippen LogP contribution in [0.2, 0.25) is 0 Å². The molecular weight excluding hydrogens is 324 g/mol. The molecule has 3 N–H and O–H groups in total.